The van der Waals surface area contributed by atoms with E-state index >= 15 is 0 Å². The second-order valence-electron chi connectivity index (χ2n) is 5.89. The second kappa shape index (κ2) is 8.46. The molecule has 7 nitrogen and oxygen atoms in total. The van der Waals surface area contributed by atoms with Gasteiger partial charge in [0.1, 0.15) is 0 Å². The molecule has 1 amide bonds. The highest BCUT2D eigenvalue weighted by molar-refractivity contribution is 9.10. The van der Waals surface area contributed by atoms with Crippen molar-refractivity contribution in [3.63, 3.8) is 0 Å². The summed E-state index contributed by atoms with van der Waals surface area (Å²) in [6, 6.07) is 11.5. The van der Waals surface area contributed by atoms with Gasteiger partial charge in [0.2, 0.25) is 11.7 Å². The fraction of sp³-hybridized carbons (Fsp3) is 0.222. The molecule has 0 fully saturated rings. The van der Waals surface area contributed by atoms with E-state index in [9.17, 15) is 4.79 Å². The highest BCUT2D eigenvalue weighted by Crippen LogP contribution is 2.28. The zero-order valence-corrected chi connectivity index (χ0v) is 18.1. The molecule has 4 rings (SSSR count). The molecule has 3 aromatic heterocycles. The third-order valence-corrected chi connectivity index (χ3v) is 6.18. The van der Waals surface area contributed by atoms with Crippen molar-refractivity contribution in [2.45, 2.75) is 25.0 Å². The first-order valence-electron chi connectivity index (χ1n) is 8.61. The minimum atomic E-state index is -0.127. The summed E-state index contributed by atoms with van der Waals surface area (Å²) >= 11 is 6.11. The third-order valence-electron chi connectivity index (χ3n) is 3.83. The molecule has 10 heteroatoms. The van der Waals surface area contributed by atoms with Crippen LogP contribution in [0.1, 0.15) is 13.3 Å². The molecule has 1 aromatic carbocycles. The summed E-state index contributed by atoms with van der Waals surface area (Å²) in [5, 5.41) is 12.6. The van der Waals surface area contributed by atoms with Crippen LogP contribution in [-0.2, 0) is 11.3 Å². The van der Waals surface area contributed by atoms with E-state index in [-0.39, 0.29) is 11.7 Å². The summed E-state index contributed by atoms with van der Waals surface area (Å²) in [5.41, 5.74) is 0.882. The van der Waals surface area contributed by atoms with Gasteiger partial charge in [-0.1, -0.05) is 42.2 Å². The molecule has 0 saturated heterocycles. The number of carbonyl (C=O) groups is 1. The Bertz CT molecular complexity index is 1090. The molecule has 0 aliphatic carbocycles. The molecular formula is C18H16BrN5O2S2. The van der Waals surface area contributed by atoms with Crippen LogP contribution < -0.4 is 5.32 Å². The van der Waals surface area contributed by atoms with Crippen molar-refractivity contribution in [2.24, 2.45) is 0 Å². The van der Waals surface area contributed by atoms with E-state index in [1.807, 2.05) is 41.0 Å². The summed E-state index contributed by atoms with van der Waals surface area (Å²) < 4.78 is 9.26. The van der Waals surface area contributed by atoms with Crippen molar-refractivity contribution in [3.05, 3.63) is 41.1 Å². The van der Waals surface area contributed by atoms with Crippen molar-refractivity contribution < 1.29 is 9.21 Å². The molecule has 0 unspecified atom stereocenters. The Morgan fingerprint density at radius 1 is 1.29 bits per heavy atom. The Morgan fingerprint density at radius 2 is 2.14 bits per heavy atom. The van der Waals surface area contributed by atoms with E-state index in [0.29, 0.717) is 26.5 Å². The molecule has 0 aliphatic rings. The summed E-state index contributed by atoms with van der Waals surface area (Å²) in [6.07, 6.45) is 0.915. The van der Waals surface area contributed by atoms with Gasteiger partial charge in [-0.25, -0.2) is 4.98 Å². The molecule has 144 valence electrons. The standard InChI is InChI=1S/C18H16BrN5O2S2/c1-2-9-24-16(12-7-8-14(19)26-12)22-23-18(24)27-10-15(25)21-17-20-11-5-3-4-6-13(11)28-17/h3-8H,2,9-10H2,1H3,(H,20,21,25). The number of anilines is 1. The van der Waals surface area contributed by atoms with Gasteiger partial charge in [-0.15, -0.1) is 10.2 Å². The number of para-hydroxylation sites is 1. The Hall–Kier alpha value is -2.17. The summed E-state index contributed by atoms with van der Waals surface area (Å²) in [5.74, 6) is 1.39. The maximum Gasteiger partial charge on any atom is 0.236 e. The lowest BCUT2D eigenvalue weighted by molar-refractivity contribution is -0.113. The van der Waals surface area contributed by atoms with Crippen LogP contribution >= 0.6 is 39.0 Å². The normalized spacial score (nSPS) is 11.2. The van der Waals surface area contributed by atoms with Gasteiger partial charge in [-0.2, -0.15) is 0 Å². The fourth-order valence-electron chi connectivity index (χ4n) is 2.65. The van der Waals surface area contributed by atoms with Crippen molar-refractivity contribution >= 4 is 60.3 Å². The zero-order chi connectivity index (χ0) is 19.5. The number of fused-ring (bicyclic) bond motifs is 1. The number of amides is 1. The molecule has 0 atom stereocenters. The smallest absolute Gasteiger partial charge is 0.236 e. The van der Waals surface area contributed by atoms with Crippen molar-refractivity contribution in [3.8, 4) is 11.6 Å². The summed E-state index contributed by atoms with van der Waals surface area (Å²) in [4.78, 5) is 16.8. The first-order valence-corrected chi connectivity index (χ1v) is 11.2. The number of nitrogens with one attached hydrogen (secondary N) is 1. The highest BCUT2D eigenvalue weighted by Gasteiger charge is 2.18. The predicted octanol–water partition coefficient (Wildman–Crippen LogP) is 5.05. The number of thioether (sulfide) groups is 1. The van der Waals surface area contributed by atoms with Gasteiger partial charge in [-0.05, 0) is 46.6 Å². The number of carbonyl (C=O) groups excluding carboxylic acids is 1. The van der Waals surface area contributed by atoms with Crippen LogP contribution in [0.3, 0.4) is 0 Å². The predicted molar refractivity (Wildman–Crippen MR) is 115 cm³/mol. The van der Waals surface area contributed by atoms with E-state index in [4.69, 9.17) is 4.42 Å². The molecule has 28 heavy (non-hydrogen) atoms. The Labute approximate surface area is 177 Å². The molecule has 0 aliphatic heterocycles. The van der Waals surface area contributed by atoms with Crippen molar-refractivity contribution in [1.82, 2.24) is 19.7 Å². The number of hydrogen-bond acceptors (Lipinski definition) is 7. The number of aromatic nitrogens is 4. The lowest BCUT2D eigenvalue weighted by Gasteiger charge is -2.07. The van der Waals surface area contributed by atoms with Gasteiger partial charge >= 0.3 is 0 Å². The third kappa shape index (κ3) is 4.13. The zero-order valence-electron chi connectivity index (χ0n) is 14.9. The number of furan rings is 1. The Morgan fingerprint density at radius 3 is 2.89 bits per heavy atom. The maximum absolute atomic E-state index is 12.4. The van der Waals surface area contributed by atoms with Gasteiger partial charge in [0.25, 0.3) is 0 Å². The molecule has 0 spiro atoms. The summed E-state index contributed by atoms with van der Waals surface area (Å²) in [7, 11) is 0. The lowest BCUT2D eigenvalue weighted by atomic mass is 10.3. The monoisotopic (exact) mass is 477 g/mol. The van der Waals surface area contributed by atoms with Gasteiger partial charge in [0.15, 0.2) is 20.7 Å². The van der Waals surface area contributed by atoms with Crippen LogP contribution in [0, 0.1) is 0 Å². The molecule has 1 N–H and O–H groups in total. The number of halogens is 1. The summed E-state index contributed by atoms with van der Waals surface area (Å²) in [6.45, 7) is 2.82. The van der Waals surface area contributed by atoms with Gasteiger partial charge in [-0.3, -0.25) is 9.36 Å². The number of rotatable bonds is 7. The fourth-order valence-corrected chi connectivity index (χ4v) is 4.60. The Balaban J connectivity index is 1.45. The van der Waals surface area contributed by atoms with Crippen LogP contribution in [0.2, 0.25) is 0 Å². The van der Waals surface area contributed by atoms with E-state index in [0.717, 1.165) is 23.2 Å². The average molecular weight is 478 g/mol. The van der Waals surface area contributed by atoms with E-state index < -0.39 is 0 Å². The number of benzene rings is 1. The molecule has 3 heterocycles. The lowest BCUT2D eigenvalue weighted by Crippen LogP contribution is -2.14. The minimum absolute atomic E-state index is 0.127. The van der Waals surface area contributed by atoms with E-state index in [2.05, 4.69) is 43.4 Å². The van der Waals surface area contributed by atoms with Crippen LogP contribution in [0.5, 0.6) is 0 Å². The second-order valence-corrected chi connectivity index (χ2v) is 8.64. The largest absolute Gasteiger partial charge is 0.446 e. The molecule has 0 bridgehead atoms. The van der Waals surface area contributed by atoms with E-state index in [1.54, 1.807) is 0 Å². The Kier molecular flexibility index (Phi) is 5.79. The quantitative estimate of drug-likeness (QED) is 0.374. The van der Waals surface area contributed by atoms with Crippen molar-refractivity contribution in [1.29, 1.82) is 0 Å². The van der Waals surface area contributed by atoms with Crippen molar-refractivity contribution in [2.75, 3.05) is 11.1 Å². The van der Waals surface area contributed by atoms with Crippen LogP contribution in [0.25, 0.3) is 21.8 Å². The van der Waals surface area contributed by atoms with Gasteiger partial charge in [0.05, 0.1) is 16.0 Å². The first-order chi connectivity index (χ1) is 13.6. The topological polar surface area (TPSA) is 85.8 Å². The number of thiazole rings is 1. The highest BCUT2D eigenvalue weighted by atomic mass is 79.9. The SMILES string of the molecule is CCCn1c(SCC(=O)Nc2nc3ccccc3s2)nnc1-c1ccc(Br)o1. The molecule has 4 aromatic rings. The molecule has 0 radical (unpaired) electrons. The number of hydrogen-bond donors (Lipinski definition) is 1. The first kappa shape index (κ1) is 19.2. The average Bonchev–Trinajstić information content (AvgIpc) is 3.38. The van der Waals surface area contributed by atoms with Crippen LogP contribution in [0.4, 0.5) is 5.13 Å². The van der Waals surface area contributed by atoms with Gasteiger partial charge < -0.3 is 9.73 Å². The molecular weight excluding hydrogens is 462 g/mol. The van der Waals surface area contributed by atoms with Crippen LogP contribution in [-0.4, -0.2) is 31.4 Å². The van der Waals surface area contributed by atoms with Gasteiger partial charge in [0, 0.05) is 6.54 Å². The van der Waals surface area contributed by atoms with Crippen LogP contribution in [0.15, 0.2) is 50.6 Å². The number of nitrogens with zero attached hydrogens (tertiary/aromatic N) is 4. The molecule has 0 saturated carbocycles. The van der Waals surface area contributed by atoms with E-state index in [1.165, 1.54) is 23.1 Å². The maximum atomic E-state index is 12.4. The minimum Gasteiger partial charge on any atom is -0.446 e.